The van der Waals surface area contributed by atoms with Crippen LogP contribution in [0.2, 0.25) is 0 Å². The van der Waals surface area contributed by atoms with Crippen LogP contribution in [0.4, 0.5) is 0 Å². The molecule has 0 N–H and O–H groups in total. The number of benzene rings is 1. The molecule has 1 saturated carbocycles. The van der Waals surface area contributed by atoms with E-state index in [0.29, 0.717) is 11.5 Å². The predicted molar refractivity (Wildman–Crippen MR) is 79.7 cm³/mol. The average Bonchev–Trinajstić information content (AvgIpc) is 2.77. The van der Waals surface area contributed by atoms with Gasteiger partial charge in [0.2, 0.25) is 0 Å². The molecule has 0 heterocycles. The third-order valence-corrected chi connectivity index (χ3v) is 4.57. The van der Waals surface area contributed by atoms with E-state index in [0.717, 1.165) is 30.4 Å². The summed E-state index contributed by atoms with van der Waals surface area (Å²) < 4.78 is 10.6. The Balaban J connectivity index is 2.40. The first kappa shape index (κ1) is 14.9. The van der Waals surface area contributed by atoms with Crippen LogP contribution in [0.3, 0.4) is 0 Å². The van der Waals surface area contributed by atoms with Gasteiger partial charge in [0.15, 0.2) is 17.3 Å². The molecular weight excluding hydrogens is 252 g/mol. The second-order valence-corrected chi connectivity index (χ2v) is 6.32. The maximum Gasteiger partial charge on any atom is 0.166 e. The van der Waals surface area contributed by atoms with Crippen molar-refractivity contribution in [1.82, 2.24) is 0 Å². The molecule has 3 nitrogen and oxygen atoms in total. The van der Waals surface area contributed by atoms with E-state index >= 15 is 0 Å². The summed E-state index contributed by atoms with van der Waals surface area (Å²) in [5.74, 6) is 1.65. The molecule has 1 aliphatic rings. The lowest BCUT2D eigenvalue weighted by Gasteiger charge is -2.26. The van der Waals surface area contributed by atoms with Gasteiger partial charge in [0.25, 0.3) is 0 Å². The molecule has 0 saturated heterocycles. The first-order valence-corrected chi connectivity index (χ1v) is 7.17. The summed E-state index contributed by atoms with van der Waals surface area (Å²) in [6, 6.07) is 3.71. The molecule has 1 aromatic rings. The standard InChI is InChI=1S/C17H24O3/c1-11-9-14(19-4)15(20-5)10-12(11)16(18)13-7-6-8-17(13,2)3/h9-10,13H,6-8H2,1-5H3. The average molecular weight is 276 g/mol. The lowest BCUT2D eigenvalue weighted by atomic mass is 9.77. The first-order chi connectivity index (χ1) is 9.40. The number of ether oxygens (including phenoxy) is 2. The number of hydrogen-bond donors (Lipinski definition) is 0. The van der Waals surface area contributed by atoms with Gasteiger partial charge in [-0.2, -0.15) is 0 Å². The Labute approximate surface area is 121 Å². The number of methoxy groups -OCH3 is 2. The number of rotatable bonds is 4. The minimum absolute atomic E-state index is 0.0939. The Hall–Kier alpha value is -1.51. The molecule has 1 aliphatic carbocycles. The normalized spacial score (nSPS) is 20.8. The second-order valence-electron chi connectivity index (χ2n) is 6.32. The van der Waals surface area contributed by atoms with E-state index in [-0.39, 0.29) is 17.1 Å². The molecule has 3 heteroatoms. The number of carbonyl (C=O) groups excluding carboxylic acids is 1. The van der Waals surface area contributed by atoms with Gasteiger partial charge in [-0.1, -0.05) is 20.3 Å². The molecule has 2 rings (SSSR count). The third-order valence-electron chi connectivity index (χ3n) is 4.57. The van der Waals surface area contributed by atoms with Crippen LogP contribution in [0.15, 0.2) is 12.1 Å². The Bertz CT molecular complexity index is 517. The van der Waals surface area contributed by atoms with E-state index in [1.165, 1.54) is 0 Å². The van der Waals surface area contributed by atoms with Crippen molar-refractivity contribution in [2.75, 3.05) is 14.2 Å². The molecular formula is C17H24O3. The van der Waals surface area contributed by atoms with E-state index in [9.17, 15) is 4.79 Å². The molecule has 0 amide bonds. The summed E-state index contributed by atoms with van der Waals surface area (Å²) in [5.41, 5.74) is 1.81. The van der Waals surface area contributed by atoms with Crippen LogP contribution in [0.25, 0.3) is 0 Å². The molecule has 1 atom stereocenters. The van der Waals surface area contributed by atoms with E-state index in [2.05, 4.69) is 13.8 Å². The zero-order valence-electron chi connectivity index (χ0n) is 13.1. The van der Waals surface area contributed by atoms with Gasteiger partial charge in [0.1, 0.15) is 0 Å². The number of Topliss-reactive ketones (excluding diaryl/α,β-unsaturated/α-hetero) is 1. The minimum atomic E-state index is 0.0939. The van der Waals surface area contributed by atoms with Gasteiger partial charge in [-0.3, -0.25) is 4.79 Å². The van der Waals surface area contributed by atoms with Crippen LogP contribution in [-0.4, -0.2) is 20.0 Å². The number of carbonyl (C=O) groups is 1. The fraction of sp³-hybridized carbons (Fsp3) is 0.588. The van der Waals surface area contributed by atoms with Gasteiger partial charge in [-0.25, -0.2) is 0 Å². The number of ketones is 1. The monoisotopic (exact) mass is 276 g/mol. The summed E-state index contributed by atoms with van der Waals surface area (Å²) in [4.78, 5) is 12.9. The van der Waals surface area contributed by atoms with Crippen molar-refractivity contribution in [2.24, 2.45) is 11.3 Å². The molecule has 1 aromatic carbocycles. The van der Waals surface area contributed by atoms with Crippen LogP contribution >= 0.6 is 0 Å². The minimum Gasteiger partial charge on any atom is -0.493 e. The fourth-order valence-corrected chi connectivity index (χ4v) is 3.25. The second kappa shape index (κ2) is 5.47. The molecule has 110 valence electrons. The third kappa shape index (κ3) is 2.54. The van der Waals surface area contributed by atoms with Gasteiger partial charge >= 0.3 is 0 Å². The van der Waals surface area contributed by atoms with Crippen LogP contribution in [0.1, 0.15) is 49.0 Å². The van der Waals surface area contributed by atoms with E-state index in [1.54, 1.807) is 14.2 Å². The highest BCUT2D eigenvalue weighted by molar-refractivity contribution is 6.00. The Morgan fingerprint density at radius 2 is 1.80 bits per heavy atom. The fourth-order valence-electron chi connectivity index (χ4n) is 3.25. The molecule has 0 radical (unpaired) electrons. The van der Waals surface area contributed by atoms with Gasteiger partial charge in [-0.05, 0) is 42.9 Å². The Morgan fingerprint density at radius 1 is 1.20 bits per heavy atom. The molecule has 0 aliphatic heterocycles. The van der Waals surface area contributed by atoms with Crippen molar-refractivity contribution in [2.45, 2.75) is 40.0 Å². The highest BCUT2D eigenvalue weighted by atomic mass is 16.5. The lowest BCUT2D eigenvalue weighted by Crippen LogP contribution is -2.26. The van der Waals surface area contributed by atoms with E-state index in [1.807, 2.05) is 19.1 Å². The topological polar surface area (TPSA) is 35.5 Å². The zero-order chi connectivity index (χ0) is 14.9. The van der Waals surface area contributed by atoms with Crippen molar-refractivity contribution in [1.29, 1.82) is 0 Å². The van der Waals surface area contributed by atoms with Gasteiger partial charge in [0, 0.05) is 11.5 Å². The van der Waals surface area contributed by atoms with Crippen molar-refractivity contribution < 1.29 is 14.3 Å². The molecule has 0 spiro atoms. The largest absolute Gasteiger partial charge is 0.493 e. The van der Waals surface area contributed by atoms with Crippen LogP contribution < -0.4 is 9.47 Å². The number of aryl methyl sites for hydroxylation is 1. The molecule has 20 heavy (non-hydrogen) atoms. The van der Waals surface area contributed by atoms with Gasteiger partial charge < -0.3 is 9.47 Å². The number of hydrogen-bond acceptors (Lipinski definition) is 3. The summed E-state index contributed by atoms with van der Waals surface area (Å²) in [6.45, 7) is 6.34. The Morgan fingerprint density at radius 3 is 2.30 bits per heavy atom. The summed E-state index contributed by atoms with van der Waals surface area (Å²) in [5, 5.41) is 0. The van der Waals surface area contributed by atoms with Crippen LogP contribution in [0.5, 0.6) is 11.5 Å². The summed E-state index contributed by atoms with van der Waals surface area (Å²) in [6.07, 6.45) is 3.24. The van der Waals surface area contributed by atoms with E-state index < -0.39 is 0 Å². The molecule has 0 aromatic heterocycles. The van der Waals surface area contributed by atoms with E-state index in [4.69, 9.17) is 9.47 Å². The van der Waals surface area contributed by atoms with Crippen molar-refractivity contribution >= 4 is 5.78 Å². The maximum atomic E-state index is 12.9. The first-order valence-electron chi connectivity index (χ1n) is 7.17. The summed E-state index contributed by atoms with van der Waals surface area (Å²) >= 11 is 0. The quantitative estimate of drug-likeness (QED) is 0.779. The highest BCUT2D eigenvalue weighted by Gasteiger charge is 2.40. The Kier molecular flexibility index (Phi) is 4.07. The van der Waals surface area contributed by atoms with Crippen molar-refractivity contribution in [3.63, 3.8) is 0 Å². The molecule has 1 fully saturated rings. The molecule has 1 unspecified atom stereocenters. The van der Waals surface area contributed by atoms with Gasteiger partial charge in [0.05, 0.1) is 14.2 Å². The van der Waals surface area contributed by atoms with Crippen molar-refractivity contribution in [3.05, 3.63) is 23.3 Å². The SMILES string of the molecule is COc1cc(C)c(C(=O)C2CCCC2(C)C)cc1OC. The highest BCUT2D eigenvalue weighted by Crippen LogP contribution is 2.45. The van der Waals surface area contributed by atoms with Gasteiger partial charge in [-0.15, -0.1) is 0 Å². The maximum absolute atomic E-state index is 12.9. The lowest BCUT2D eigenvalue weighted by molar-refractivity contribution is 0.0838. The predicted octanol–water partition coefficient (Wildman–Crippen LogP) is 4.02. The van der Waals surface area contributed by atoms with Crippen molar-refractivity contribution in [3.8, 4) is 11.5 Å². The van der Waals surface area contributed by atoms with Crippen LogP contribution in [-0.2, 0) is 0 Å². The zero-order valence-corrected chi connectivity index (χ0v) is 13.1. The summed E-state index contributed by atoms with van der Waals surface area (Å²) in [7, 11) is 3.21. The molecule has 0 bridgehead atoms. The smallest absolute Gasteiger partial charge is 0.166 e. The van der Waals surface area contributed by atoms with Crippen LogP contribution in [0, 0.1) is 18.3 Å².